The Hall–Kier alpha value is -2.17. The lowest BCUT2D eigenvalue weighted by molar-refractivity contribution is 0.230. The lowest BCUT2D eigenvalue weighted by Gasteiger charge is -2.31. The van der Waals surface area contributed by atoms with Crippen molar-refractivity contribution < 1.29 is 9.90 Å². The fourth-order valence-corrected chi connectivity index (χ4v) is 3.08. The number of imidazole rings is 1. The zero-order valence-corrected chi connectivity index (χ0v) is 14.3. The highest BCUT2D eigenvalue weighted by Crippen LogP contribution is 2.34. The lowest BCUT2D eigenvalue weighted by Crippen LogP contribution is -2.42. The van der Waals surface area contributed by atoms with Crippen LogP contribution in [0.15, 0.2) is 30.8 Å². The number of hydrogen-bond acceptors (Lipinski definition) is 3. The fraction of sp³-hybridized carbons (Fsp3) is 0.250. The van der Waals surface area contributed by atoms with Gasteiger partial charge in [0, 0.05) is 20.6 Å². The molecule has 23 heavy (non-hydrogen) atoms. The number of aromatic nitrogens is 2. The molecular formula is C16H19N4O2P. The largest absolute Gasteiger partial charge is 0.388 e. The number of carbonyl (C=O) groups excluding carboxylic acids is 1. The molecule has 6 nitrogen and oxygen atoms in total. The first-order valence-corrected chi connectivity index (χ1v) is 7.77. The average molecular weight is 330 g/mol. The number of urea groups is 1. The quantitative estimate of drug-likeness (QED) is 0.866. The maximum absolute atomic E-state index is 12.2. The Morgan fingerprint density at radius 2 is 2.04 bits per heavy atom. The number of nitrogens with zero attached hydrogens (tertiary/aromatic N) is 4. The van der Waals surface area contributed by atoms with Crippen molar-refractivity contribution in [1.82, 2.24) is 14.5 Å². The molecule has 2 amide bonds. The Bertz CT molecular complexity index is 799. The van der Waals surface area contributed by atoms with Gasteiger partial charge in [0.2, 0.25) is 0 Å². The van der Waals surface area contributed by atoms with Crippen LogP contribution in [0.25, 0.3) is 5.70 Å². The zero-order chi connectivity index (χ0) is 16.7. The van der Waals surface area contributed by atoms with Gasteiger partial charge in [-0.1, -0.05) is 30.8 Å². The second kappa shape index (κ2) is 5.80. The number of aliphatic hydroxyl groups excluding tert-OH is 1. The number of hydrogen-bond donors (Lipinski definition) is 1. The minimum atomic E-state index is -0.202. The van der Waals surface area contributed by atoms with E-state index in [0.717, 1.165) is 16.6 Å². The van der Waals surface area contributed by atoms with E-state index in [0.29, 0.717) is 23.9 Å². The van der Waals surface area contributed by atoms with Crippen molar-refractivity contribution in [2.75, 3.05) is 19.0 Å². The first kappa shape index (κ1) is 15.7. The van der Waals surface area contributed by atoms with Crippen LogP contribution in [0.5, 0.6) is 0 Å². The van der Waals surface area contributed by atoms with E-state index in [1.165, 1.54) is 9.80 Å². The number of benzene rings is 1. The number of rotatable bonds is 3. The molecule has 0 aliphatic carbocycles. The summed E-state index contributed by atoms with van der Waals surface area (Å²) in [5, 5.41) is 10.8. The van der Waals surface area contributed by atoms with Crippen LogP contribution in [0.1, 0.15) is 17.1 Å². The van der Waals surface area contributed by atoms with E-state index in [-0.39, 0.29) is 12.6 Å². The van der Waals surface area contributed by atoms with Crippen molar-refractivity contribution in [3.05, 3.63) is 47.9 Å². The SMILES string of the molecule is C=C1c2c(nc(CO)n2Cc2cccc(P)c2)N(C)C(=O)N1C. The molecule has 1 unspecified atom stereocenters. The molecular weight excluding hydrogens is 311 g/mol. The number of carbonyl (C=O) groups is 1. The number of fused-ring (bicyclic) bond motifs is 1. The predicted octanol–water partition coefficient (Wildman–Crippen LogP) is 1.40. The van der Waals surface area contributed by atoms with E-state index in [4.69, 9.17) is 0 Å². The second-order valence-corrected chi connectivity index (χ2v) is 6.20. The topological polar surface area (TPSA) is 61.6 Å². The van der Waals surface area contributed by atoms with Gasteiger partial charge in [0.05, 0.1) is 5.70 Å². The van der Waals surface area contributed by atoms with Crippen molar-refractivity contribution >= 4 is 32.1 Å². The van der Waals surface area contributed by atoms with Crippen LogP contribution >= 0.6 is 9.24 Å². The summed E-state index contributed by atoms with van der Waals surface area (Å²) in [6.07, 6.45) is 0. The monoisotopic (exact) mass is 330 g/mol. The van der Waals surface area contributed by atoms with Crippen LogP contribution in [0.2, 0.25) is 0 Å². The Morgan fingerprint density at radius 3 is 2.70 bits per heavy atom. The van der Waals surface area contributed by atoms with Gasteiger partial charge in [0.25, 0.3) is 0 Å². The molecule has 1 atom stereocenters. The lowest BCUT2D eigenvalue weighted by atomic mass is 10.2. The molecule has 7 heteroatoms. The molecule has 1 aromatic carbocycles. The maximum atomic E-state index is 12.2. The van der Waals surface area contributed by atoms with Gasteiger partial charge >= 0.3 is 6.03 Å². The highest BCUT2D eigenvalue weighted by atomic mass is 31.0. The summed E-state index contributed by atoms with van der Waals surface area (Å²) in [6, 6.07) is 7.87. The molecule has 1 N–H and O–H groups in total. The highest BCUT2D eigenvalue weighted by molar-refractivity contribution is 7.27. The van der Waals surface area contributed by atoms with Gasteiger partial charge in [-0.3, -0.25) is 9.80 Å². The second-order valence-electron chi connectivity index (χ2n) is 5.54. The molecule has 2 heterocycles. The minimum absolute atomic E-state index is 0.191. The summed E-state index contributed by atoms with van der Waals surface area (Å²) >= 11 is 0. The van der Waals surface area contributed by atoms with Crippen LogP contribution in [-0.2, 0) is 13.2 Å². The van der Waals surface area contributed by atoms with E-state index < -0.39 is 0 Å². The molecule has 0 radical (unpaired) electrons. The van der Waals surface area contributed by atoms with E-state index in [1.807, 2.05) is 22.8 Å². The maximum Gasteiger partial charge on any atom is 0.329 e. The molecule has 0 fully saturated rings. The van der Waals surface area contributed by atoms with Crippen molar-refractivity contribution in [3.63, 3.8) is 0 Å². The summed E-state index contributed by atoms with van der Waals surface area (Å²) in [5.74, 6) is 1.05. The number of anilines is 1. The Balaban J connectivity index is 2.12. The first-order valence-electron chi connectivity index (χ1n) is 7.19. The third-order valence-corrected chi connectivity index (χ3v) is 4.39. The van der Waals surface area contributed by atoms with E-state index >= 15 is 0 Å². The third-order valence-electron chi connectivity index (χ3n) is 4.03. The molecule has 120 valence electrons. The molecule has 3 rings (SSSR count). The minimum Gasteiger partial charge on any atom is -0.388 e. The number of aliphatic hydroxyl groups is 1. The molecule has 0 spiro atoms. The standard InChI is InChI=1S/C16H19N4O2P/c1-10-14-15(19(3)16(22)18(10)2)17-13(9-21)20(14)8-11-5-4-6-12(23)7-11/h4-7,21H,1,8-9,23H2,2-3H3. The van der Waals surface area contributed by atoms with Gasteiger partial charge < -0.3 is 9.67 Å². The van der Waals surface area contributed by atoms with E-state index in [9.17, 15) is 9.90 Å². The molecule has 2 aromatic rings. The third kappa shape index (κ3) is 2.54. The van der Waals surface area contributed by atoms with Crippen molar-refractivity contribution in [2.45, 2.75) is 13.2 Å². The van der Waals surface area contributed by atoms with Crippen LogP contribution in [-0.4, -0.2) is 39.7 Å². The predicted molar refractivity (Wildman–Crippen MR) is 93.6 cm³/mol. The normalized spacial score (nSPS) is 14.4. The molecule has 1 aromatic heterocycles. The molecule has 1 aliphatic heterocycles. The summed E-state index contributed by atoms with van der Waals surface area (Å²) in [6.45, 7) is 4.37. The summed E-state index contributed by atoms with van der Waals surface area (Å²) < 4.78 is 1.91. The van der Waals surface area contributed by atoms with E-state index in [2.05, 4.69) is 26.9 Å². The van der Waals surface area contributed by atoms with E-state index in [1.54, 1.807) is 14.1 Å². The molecule has 0 saturated carbocycles. The smallest absolute Gasteiger partial charge is 0.329 e. The first-order chi connectivity index (χ1) is 10.9. The van der Waals surface area contributed by atoms with Crippen molar-refractivity contribution in [2.24, 2.45) is 0 Å². The Morgan fingerprint density at radius 1 is 1.30 bits per heavy atom. The van der Waals surface area contributed by atoms with Gasteiger partial charge in [-0.15, -0.1) is 9.24 Å². The van der Waals surface area contributed by atoms with Crippen LogP contribution in [0.4, 0.5) is 10.6 Å². The highest BCUT2D eigenvalue weighted by Gasteiger charge is 2.34. The summed E-state index contributed by atoms with van der Waals surface area (Å²) in [5.41, 5.74) is 2.42. The van der Waals surface area contributed by atoms with Gasteiger partial charge in [-0.25, -0.2) is 9.78 Å². The molecule has 0 bridgehead atoms. The van der Waals surface area contributed by atoms with Crippen LogP contribution in [0, 0.1) is 0 Å². The van der Waals surface area contributed by atoms with Crippen LogP contribution in [0.3, 0.4) is 0 Å². The zero-order valence-electron chi connectivity index (χ0n) is 13.2. The summed E-state index contributed by atoms with van der Waals surface area (Å²) in [4.78, 5) is 19.6. The van der Waals surface area contributed by atoms with Gasteiger partial charge in [0.1, 0.15) is 18.1 Å². The van der Waals surface area contributed by atoms with Gasteiger partial charge in [-0.05, 0) is 10.9 Å². The Kier molecular flexibility index (Phi) is 3.96. The van der Waals surface area contributed by atoms with Crippen molar-refractivity contribution in [1.29, 1.82) is 0 Å². The van der Waals surface area contributed by atoms with Gasteiger partial charge in [-0.2, -0.15) is 0 Å². The van der Waals surface area contributed by atoms with Crippen LogP contribution < -0.4 is 10.2 Å². The van der Waals surface area contributed by atoms with Gasteiger partial charge in [0.15, 0.2) is 5.82 Å². The number of amides is 2. The molecule has 0 saturated heterocycles. The molecule has 1 aliphatic rings. The average Bonchev–Trinajstić information content (AvgIpc) is 2.89. The fourth-order valence-electron chi connectivity index (χ4n) is 2.76. The Labute approximate surface area is 137 Å². The summed E-state index contributed by atoms with van der Waals surface area (Å²) in [7, 11) is 6.03. The van der Waals surface area contributed by atoms with Crippen molar-refractivity contribution in [3.8, 4) is 0 Å².